The highest BCUT2D eigenvalue weighted by Crippen LogP contribution is 2.77. The molecular weight excluding hydrogens is 320 g/mol. The van der Waals surface area contributed by atoms with Crippen LogP contribution in [0.5, 0.6) is 0 Å². The molecule has 0 aromatic carbocycles. The van der Waals surface area contributed by atoms with E-state index in [9.17, 15) is 20.4 Å². The monoisotopic (exact) mass is 350 g/mol. The van der Waals surface area contributed by atoms with Gasteiger partial charge in [-0.05, 0) is 42.6 Å². The lowest BCUT2D eigenvalue weighted by molar-refractivity contribution is -0.458. The van der Waals surface area contributed by atoms with Crippen LogP contribution in [0.4, 0.5) is 0 Å². The Bertz CT molecular complexity index is 646. The third kappa shape index (κ3) is 1.53. The number of aliphatic hydroxyl groups is 4. The van der Waals surface area contributed by atoms with Gasteiger partial charge >= 0.3 is 0 Å². The molecule has 0 aromatic rings. The molecule has 0 amide bonds. The van der Waals surface area contributed by atoms with Gasteiger partial charge in [0.05, 0.1) is 24.2 Å². The molecule has 9 atom stereocenters. The molecule has 25 heavy (non-hydrogen) atoms. The molecule has 2 aliphatic heterocycles. The van der Waals surface area contributed by atoms with E-state index < -0.39 is 29.5 Å². The minimum atomic E-state index is -1.77. The SMILES string of the molecule is C=C1C2CC3(C1O)C(CC2O)C12CCCC(C)(C)C1C(O)C3(O)OC2. The second-order valence-electron chi connectivity index (χ2n) is 10.2. The Morgan fingerprint density at radius 1 is 1.16 bits per heavy atom. The third-order valence-electron chi connectivity index (χ3n) is 9.00. The fourth-order valence-corrected chi connectivity index (χ4v) is 8.13. The number of hydrogen-bond donors (Lipinski definition) is 4. The predicted molar refractivity (Wildman–Crippen MR) is 90.3 cm³/mol. The number of hydrogen-bond acceptors (Lipinski definition) is 5. The third-order valence-corrected chi connectivity index (χ3v) is 9.00. The second-order valence-corrected chi connectivity index (χ2v) is 10.2. The molecule has 6 aliphatic rings. The first kappa shape index (κ1) is 16.7. The number of fused-ring (bicyclic) bond motifs is 2. The largest absolute Gasteiger partial charge is 0.392 e. The van der Waals surface area contributed by atoms with E-state index in [1.54, 1.807) is 0 Å². The molecule has 0 aromatic heterocycles. The topological polar surface area (TPSA) is 90.2 Å². The summed E-state index contributed by atoms with van der Waals surface area (Å²) in [6.45, 7) is 8.77. The van der Waals surface area contributed by atoms with E-state index in [0.717, 1.165) is 19.3 Å². The van der Waals surface area contributed by atoms with E-state index in [0.29, 0.717) is 25.0 Å². The van der Waals surface area contributed by atoms with Gasteiger partial charge in [0.15, 0.2) is 0 Å². The van der Waals surface area contributed by atoms with Crippen LogP contribution in [-0.4, -0.2) is 51.1 Å². The number of aliphatic hydroxyl groups excluding tert-OH is 3. The number of rotatable bonds is 0. The van der Waals surface area contributed by atoms with E-state index in [1.165, 1.54) is 0 Å². The molecule has 0 radical (unpaired) electrons. The summed E-state index contributed by atoms with van der Waals surface area (Å²) in [6.07, 6.45) is 1.45. The first-order valence-electron chi connectivity index (χ1n) is 9.71. The van der Waals surface area contributed by atoms with Gasteiger partial charge in [-0.15, -0.1) is 0 Å². The second kappa shape index (κ2) is 4.50. The summed E-state index contributed by atoms with van der Waals surface area (Å²) >= 11 is 0. The standard InChI is InChI=1S/C20H30O5/c1-10-11-8-19(15(10)22)13(7-12(11)21)18-6-4-5-17(2,3)14(18)16(23)20(19,24)25-9-18/h11-16,21-24H,1,4-9H2,2-3H3. The Balaban J connectivity index is 1.75. The molecule has 4 N–H and O–H groups in total. The first-order valence-corrected chi connectivity index (χ1v) is 9.71. The van der Waals surface area contributed by atoms with Gasteiger partial charge in [0, 0.05) is 17.3 Å². The van der Waals surface area contributed by atoms with Crippen molar-refractivity contribution in [3.63, 3.8) is 0 Å². The Kier molecular flexibility index (Phi) is 3.01. The highest BCUT2D eigenvalue weighted by molar-refractivity contribution is 5.35. The van der Waals surface area contributed by atoms with Crippen LogP contribution < -0.4 is 0 Å². The lowest BCUT2D eigenvalue weighted by atomic mass is 9.36. The summed E-state index contributed by atoms with van der Waals surface area (Å²) in [5, 5.41) is 44.9. The molecule has 4 aliphatic carbocycles. The average Bonchev–Trinajstić information content (AvgIpc) is 2.76. The van der Waals surface area contributed by atoms with Crippen LogP contribution in [0.2, 0.25) is 0 Å². The van der Waals surface area contributed by atoms with Crippen molar-refractivity contribution in [1.29, 1.82) is 0 Å². The number of ether oxygens (including phenoxy) is 1. The maximum Gasteiger partial charge on any atom is 0.201 e. The Morgan fingerprint density at radius 3 is 2.60 bits per heavy atom. The molecule has 2 heterocycles. The molecule has 2 spiro atoms. The van der Waals surface area contributed by atoms with E-state index in [-0.39, 0.29) is 28.6 Å². The van der Waals surface area contributed by atoms with E-state index in [4.69, 9.17) is 4.74 Å². The molecule has 6 rings (SSSR count). The molecule has 4 saturated carbocycles. The van der Waals surface area contributed by atoms with Crippen LogP contribution in [0, 0.1) is 34.0 Å². The van der Waals surface area contributed by atoms with Crippen molar-refractivity contribution in [1.82, 2.24) is 0 Å². The fraction of sp³-hybridized carbons (Fsp3) is 0.900. The molecular formula is C20H30O5. The van der Waals surface area contributed by atoms with Crippen molar-refractivity contribution in [2.45, 2.75) is 70.1 Å². The zero-order valence-corrected chi connectivity index (χ0v) is 15.1. The summed E-state index contributed by atoms with van der Waals surface area (Å²) in [5.41, 5.74) is -0.771. The zero-order chi connectivity index (χ0) is 18.0. The smallest absolute Gasteiger partial charge is 0.201 e. The van der Waals surface area contributed by atoms with Gasteiger partial charge in [-0.25, -0.2) is 0 Å². The highest BCUT2D eigenvalue weighted by Gasteiger charge is 2.83. The van der Waals surface area contributed by atoms with Gasteiger partial charge in [-0.3, -0.25) is 0 Å². The maximum absolute atomic E-state index is 11.6. The van der Waals surface area contributed by atoms with Gasteiger partial charge in [0.25, 0.3) is 0 Å². The minimum absolute atomic E-state index is 0.0628. The van der Waals surface area contributed by atoms with Crippen LogP contribution in [0.3, 0.4) is 0 Å². The van der Waals surface area contributed by atoms with E-state index in [2.05, 4.69) is 20.4 Å². The van der Waals surface area contributed by atoms with Crippen LogP contribution >= 0.6 is 0 Å². The Hall–Kier alpha value is -0.460. The summed E-state index contributed by atoms with van der Waals surface area (Å²) in [7, 11) is 0. The predicted octanol–water partition coefficient (Wildman–Crippen LogP) is 1.20. The van der Waals surface area contributed by atoms with E-state index in [1.807, 2.05) is 0 Å². The summed E-state index contributed by atoms with van der Waals surface area (Å²) < 4.78 is 6.00. The highest BCUT2D eigenvalue weighted by atomic mass is 16.6. The maximum atomic E-state index is 11.6. The summed E-state index contributed by atoms with van der Waals surface area (Å²) in [4.78, 5) is 0. The van der Waals surface area contributed by atoms with Gasteiger partial charge < -0.3 is 25.2 Å². The van der Waals surface area contributed by atoms with Crippen molar-refractivity contribution in [2.75, 3.05) is 6.61 Å². The molecule has 9 unspecified atom stereocenters. The molecule has 5 heteroatoms. The lowest BCUT2D eigenvalue weighted by Crippen LogP contribution is -2.82. The van der Waals surface area contributed by atoms with Crippen molar-refractivity contribution in [3.05, 3.63) is 12.2 Å². The van der Waals surface area contributed by atoms with Crippen molar-refractivity contribution in [2.24, 2.45) is 34.0 Å². The van der Waals surface area contributed by atoms with Gasteiger partial charge in [-0.2, -0.15) is 0 Å². The van der Waals surface area contributed by atoms with Gasteiger partial charge in [0.2, 0.25) is 5.79 Å². The Labute approximate surface area is 148 Å². The Morgan fingerprint density at radius 2 is 1.88 bits per heavy atom. The fourth-order valence-electron chi connectivity index (χ4n) is 8.13. The quantitative estimate of drug-likeness (QED) is 0.493. The molecule has 5 nitrogen and oxygen atoms in total. The van der Waals surface area contributed by atoms with Crippen LogP contribution in [0.25, 0.3) is 0 Å². The normalized spacial score (nSPS) is 61.8. The van der Waals surface area contributed by atoms with Crippen molar-refractivity contribution >= 4 is 0 Å². The van der Waals surface area contributed by atoms with Crippen LogP contribution in [0.1, 0.15) is 46.0 Å². The lowest BCUT2D eigenvalue weighted by Gasteiger charge is -2.74. The minimum Gasteiger partial charge on any atom is -0.392 e. The van der Waals surface area contributed by atoms with Gasteiger partial charge in [-0.1, -0.05) is 26.8 Å². The van der Waals surface area contributed by atoms with Crippen molar-refractivity contribution in [3.8, 4) is 0 Å². The zero-order valence-electron chi connectivity index (χ0n) is 15.1. The summed E-state index contributed by atoms with van der Waals surface area (Å²) in [5.74, 6) is -2.15. The average molecular weight is 350 g/mol. The van der Waals surface area contributed by atoms with Gasteiger partial charge in [0.1, 0.15) is 6.10 Å². The van der Waals surface area contributed by atoms with Crippen LogP contribution in [-0.2, 0) is 4.74 Å². The van der Waals surface area contributed by atoms with E-state index >= 15 is 0 Å². The molecule has 140 valence electrons. The van der Waals surface area contributed by atoms with Crippen LogP contribution in [0.15, 0.2) is 12.2 Å². The molecule has 6 fully saturated rings. The first-order chi connectivity index (χ1) is 11.6. The summed E-state index contributed by atoms with van der Waals surface area (Å²) in [6, 6.07) is 0. The van der Waals surface area contributed by atoms with Crippen molar-refractivity contribution < 1.29 is 25.2 Å². The molecule has 4 bridgehead atoms. The molecule has 2 saturated heterocycles.